The van der Waals surface area contributed by atoms with Crippen LogP contribution in [0.1, 0.15) is 12.6 Å². The first-order valence-electron chi connectivity index (χ1n) is 6.82. The zero-order valence-electron chi connectivity index (χ0n) is 12.2. The molecule has 10 heteroatoms. The topological polar surface area (TPSA) is 125 Å². The Morgan fingerprint density at radius 3 is 3.00 bits per heavy atom. The van der Waals surface area contributed by atoms with E-state index in [0.717, 1.165) is 0 Å². The molecule has 1 N–H and O–H groups in total. The Kier molecular flexibility index (Phi) is 3.80. The molecule has 0 unspecified atom stereocenters. The van der Waals surface area contributed by atoms with E-state index in [1.54, 1.807) is 10.9 Å². The van der Waals surface area contributed by atoms with Crippen LogP contribution in [-0.2, 0) is 4.74 Å². The Morgan fingerprint density at radius 2 is 2.27 bits per heavy atom. The Bertz CT molecular complexity index is 723. The van der Waals surface area contributed by atoms with Crippen molar-refractivity contribution in [2.45, 2.75) is 24.8 Å². The van der Waals surface area contributed by atoms with Gasteiger partial charge in [0, 0.05) is 25.6 Å². The van der Waals surface area contributed by atoms with Crippen molar-refractivity contribution < 1.29 is 9.84 Å². The van der Waals surface area contributed by atoms with E-state index in [-0.39, 0.29) is 0 Å². The summed E-state index contributed by atoms with van der Waals surface area (Å²) in [5.41, 5.74) is 9.76. The molecule has 116 valence electrons. The van der Waals surface area contributed by atoms with E-state index in [1.165, 1.54) is 6.33 Å². The molecular formula is C12H16N8O2. The fourth-order valence-corrected chi connectivity index (χ4v) is 2.56. The third kappa shape index (κ3) is 2.33. The summed E-state index contributed by atoms with van der Waals surface area (Å²) >= 11 is 0. The summed E-state index contributed by atoms with van der Waals surface area (Å²) in [6.45, 7) is 0.386. The third-order valence-electron chi connectivity index (χ3n) is 3.63. The summed E-state index contributed by atoms with van der Waals surface area (Å²) in [4.78, 5) is 17.4. The van der Waals surface area contributed by atoms with Gasteiger partial charge in [0.05, 0.1) is 12.4 Å². The van der Waals surface area contributed by atoms with E-state index in [2.05, 4.69) is 25.0 Å². The van der Waals surface area contributed by atoms with Gasteiger partial charge in [-0.15, -0.1) is 0 Å². The number of anilines is 1. The Morgan fingerprint density at radius 1 is 1.45 bits per heavy atom. The van der Waals surface area contributed by atoms with Crippen LogP contribution in [0.15, 0.2) is 17.8 Å². The van der Waals surface area contributed by atoms with Crippen LogP contribution in [0.5, 0.6) is 0 Å². The molecule has 0 radical (unpaired) electrons. The van der Waals surface area contributed by atoms with Gasteiger partial charge in [0.1, 0.15) is 12.4 Å². The van der Waals surface area contributed by atoms with Gasteiger partial charge in [-0.2, -0.15) is 0 Å². The number of hydrogen-bond acceptors (Lipinski definition) is 7. The van der Waals surface area contributed by atoms with Gasteiger partial charge >= 0.3 is 0 Å². The quantitative estimate of drug-likeness (QED) is 0.509. The van der Waals surface area contributed by atoms with Crippen molar-refractivity contribution in [2.24, 2.45) is 5.11 Å². The van der Waals surface area contributed by atoms with Crippen molar-refractivity contribution in [1.82, 2.24) is 19.5 Å². The largest absolute Gasteiger partial charge is 0.388 e. The fourth-order valence-electron chi connectivity index (χ4n) is 2.56. The molecule has 0 bridgehead atoms. The van der Waals surface area contributed by atoms with E-state index >= 15 is 0 Å². The fraction of sp³-hybridized carbons (Fsp3) is 0.583. The molecule has 0 aliphatic carbocycles. The summed E-state index contributed by atoms with van der Waals surface area (Å²) in [5, 5.41) is 14.0. The van der Waals surface area contributed by atoms with Crippen molar-refractivity contribution in [1.29, 1.82) is 0 Å². The maximum absolute atomic E-state index is 10.4. The molecule has 3 rings (SSSR count). The lowest BCUT2D eigenvalue weighted by atomic mass is 10.0. The van der Waals surface area contributed by atoms with E-state index < -0.39 is 18.4 Å². The number of aliphatic hydroxyl groups excluding tert-OH is 1. The molecule has 10 nitrogen and oxygen atoms in total. The number of fused-ring (bicyclic) bond motifs is 1. The first-order valence-corrected chi connectivity index (χ1v) is 6.82. The molecule has 0 spiro atoms. The summed E-state index contributed by atoms with van der Waals surface area (Å²) < 4.78 is 7.28. The van der Waals surface area contributed by atoms with Gasteiger partial charge < -0.3 is 14.7 Å². The van der Waals surface area contributed by atoms with Crippen LogP contribution in [0.25, 0.3) is 21.6 Å². The minimum Gasteiger partial charge on any atom is -0.388 e. The van der Waals surface area contributed by atoms with Crippen LogP contribution in [0.3, 0.4) is 0 Å². The molecule has 3 atom stereocenters. The SMILES string of the molecule is CN(C)c1ncnc2c1ncn2[C@@H]1OCC[C@@H](N=[N+]=[N-])[C@H]1O. The molecule has 1 aliphatic rings. The molecule has 1 saturated heterocycles. The van der Waals surface area contributed by atoms with Gasteiger partial charge in [0.25, 0.3) is 0 Å². The zero-order chi connectivity index (χ0) is 15.7. The number of aliphatic hydroxyl groups is 1. The van der Waals surface area contributed by atoms with Crippen molar-refractivity contribution in [3.05, 3.63) is 23.1 Å². The second kappa shape index (κ2) is 5.76. The van der Waals surface area contributed by atoms with Crippen molar-refractivity contribution >= 4 is 17.0 Å². The highest BCUT2D eigenvalue weighted by molar-refractivity contribution is 5.83. The van der Waals surface area contributed by atoms with Gasteiger partial charge in [-0.3, -0.25) is 4.57 Å². The predicted octanol–water partition coefficient (Wildman–Crippen LogP) is 0.851. The van der Waals surface area contributed by atoms with E-state index in [0.29, 0.717) is 30.0 Å². The lowest BCUT2D eigenvalue weighted by Gasteiger charge is -2.33. The highest BCUT2D eigenvalue weighted by Gasteiger charge is 2.34. The monoisotopic (exact) mass is 304 g/mol. The minimum atomic E-state index is -0.958. The first kappa shape index (κ1) is 14.5. The maximum Gasteiger partial charge on any atom is 0.167 e. The van der Waals surface area contributed by atoms with Gasteiger partial charge in [-0.1, -0.05) is 5.11 Å². The average Bonchev–Trinajstić information content (AvgIpc) is 2.93. The van der Waals surface area contributed by atoms with Crippen molar-refractivity contribution in [3.8, 4) is 0 Å². The molecule has 0 amide bonds. The molecule has 0 saturated carbocycles. The van der Waals surface area contributed by atoms with Crippen molar-refractivity contribution in [3.63, 3.8) is 0 Å². The van der Waals surface area contributed by atoms with E-state index in [1.807, 2.05) is 19.0 Å². The molecule has 0 aromatic carbocycles. The second-order valence-corrected chi connectivity index (χ2v) is 5.23. The van der Waals surface area contributed by atoms with Crippen LogP contribution in [0.2, 0.25) is 0 Å². The standard InChI is InChI=1S/C12H16N8O2/c1-19(2)10-8-11(15-5-14-10)20(6-16-8)12-9(21)7(17-18-13)3-4-22-12/h5-7,9,12,21H,3-4H2,1-2H3/t7-,9-,12-/m1/s1. The average molecular weight is 304 g/mol. The molecule has 1 aliphatic heterocycles. The number of hydrogen-bond donors (Lipinski definition) is 1. The van der Waals surface area contributed by atoms with Crippen molar-refractivity contribution in [2.75, 3.05) is 25.6 Å². The van der Waals surface area contributed by atoms with Crippen LogP contribution in [0, 0.1) is 0 Å². The zero-order valence-corrected chi connectivity index (χ0v) is 12.2. The molecular weight excluding hydrogens is 288 g/mol. The highest BCUT2D eigenvalue weighted by atomic mass is 16.5. The summed E-state index contributed by atoms with van der Waals surface area (Å²) in [5.74, 6) is 0.681. The molecule has 1 fully saturated rings. The lowest BCUT2D eigenvalue weighted by molar-refractivity contribution is -0.121. The van der Waals surface area contributed by atoms with Crippen LogP contribution < -0.4 is 4.90 Å². The Labute approximate surface area is 126 Å². The van der Waals surface area contributed by atoms with Gasteiger partial charge in [0.15, 0.2) is 23.2 Å². The number of nitrogens with zero attached hydrogens (tertiary/aromatic N) is 8. The normalized spacial score (nSPS) is 25.0. The smallest absolute Gasteiger partial charge is 0.167 e. The summed E-state index contributed by atoms with van der Waals surface area (Å²) in [7, 11) is 3.73. The number of azide groups is 1. The summed E-state index contributed by atoms with van der Waals surface area (Å²) in [6.07, 6.45) is 1.82. The highest BCUT2D eigenvalue weighted by Crippen LogP contribution is 2.29. The summed E-state index contributed by atoms with van der Waals surface area (Å²) in [6, 6.07) is -0.531. The Balaban J connectivity index is 2.03. The number of aromatic nitrogens is 4. The molecule has 22 heavy (non-hydrogen) atoms. The van der Waals surface area contributed by atoms with E-state index in [9.17, 15) is 5.11 Å². The Hall–Kier alpha value is -2.42. The number of imidazole rings is 1. The van der Waals surface area contributed by atoms with Gasteiger partial charge in [0.2, 0.25) is 0 Å². The lowest BCUT2D eigenvalue weighted by Crippen LogP contribution is -2.40. The third-order valence-corrected chi connectivity index (χ3v) is 3.63. The van der Waals surface area contributed by atoms with E-state index in [4.69, 9.17) is 10.3 Å². The van der Waals surface area contributed by atoms with Crippen LogP contribution in [-0.4, -0.2) is 57.5 Å². The minimum absolute atomic E-state index is 0.386. The van der Waals surface area contributed by atoms with Gasteiger partial charge in [-0.25, -0.2) is 15.0 Å². The maximum atomic E-state index is 10.4. The molecule has 3 heterocycles. The number of ether oxygens (including phenoxy) is 1. The number of rotatable bonds is 3. The van der Waals surface area contributed by atoms with Gasteiger partial charge in [-0.05, 0) is 12.0 Å². The predicted molar refractivity (Wildman–Crippen MR) is 78.2 cm³/mol. The van der Waals surface area contributed by atoms with Crippen LogP contribution in [0.4, 0.5) is 5.82 Å². The molecule has 2 aromatic rings. The second-order valence-electron chi connectivity index (χ2n) is 5.23. The first-order chi connectivity index (χ1) is 10.6. The van der Waals surface area contributed by atoms with Crippen LogP contribution >= 0.6 is 0 Å². The molecule has 2 aromatic heterocycles.